The van der Waals surface area contributed by atoms with Crippen LogP contribution in [0.15, 0.2) is 71.1 Å². The van der Waals surface area contributed by atoms with Gasteiger partial charge in [0.05, 0.1) is 0 Å². The first-order valence-electron chi connectivity index (χ1n) is 12.6. The van der Waals surface area contributed by atoms with E-state index >= 15 is 0 Å². The lowest BCUT2D eigenvalue weighted by Crippen LogP contribution is -2.25. The number of rotatable bonds is 7. The van der Waals surface area contributed by atoms with E-state index < -0.39 is 0 Å². The molecule has 0 unspecified atom stereocenters. The molecule has 1 N–H and O–H groups in total. The van der Waals surface area contributed by atoms with E-state index in [4.69, 9.17) is 4.42 Å². The topological polar surface area (TPSA) is 45.5 Å². The fourth-order valence-corrected chi connectivity index (χ4v) is 4.84. The van der Waals surface area contributed by atoms with Gasteiger partial charge >= 0.3 is 0 Å². The molecule has 0 bridgehead atoms. The smallest absolute Gasteiger partial charge is 0.291 e. The maximum atomic E-state index is 12.9. The highest BCUT2D eigenvalue weighted by Gasteiger charge is 2.17. The molecule has 4 nitrogen and oxygen atoms in total. The van der Waals surface area contributed by atoms with Crippen molar-refractivity contribution in [2.24, 2.45) is 0 Å². The number of hydrogen-bond acceptors (Lipinski definition) is 3. The van der Waals surface area contributed by atoms with Crippen LogP contribution in [0.5, 0.6) is 0 Å². The third-order valence-electron chi connectivity index (χ3n) is 7.35. The number of nitrogens with one attached hydrogen (secondary N) is 1. The second-order valence-electron chi connectivity index (χ2n) is 9.85. The van der Waals surface area contributed by atoms with Gasteiger partial charge in [-0.15, -0.1) is 0 Å². The first-order chi connectivity index (χ1) is 17.2. The molecule has 36 heavy (non-hydrogen) atoms. The highest BCUT2D eigenvalue weighted by atomic mass is 16.3. The summed E-state index contributed by atoms with van der Waals surface area (Å²) in [6.07, 6.45) is 0.673. The Balaban J connectivity index is 1.48. The van der Waals surface area contributed by atoms with Gasteiger partial charge in [-0.1, -0.05) is 18.2 Å². The van der Waals surface area contributed by atoms with Crippen molar-refractivity contribution >= 4 is 23.0 Å². The first kappa shape index (κ1) is 25.3. The molecule has 0 aliphatic heterocycles. The van der Waals surface area contributed by atoms with Crippen LogP contribution in [-0.4, -0.2) is 11.9 Å². The molecule has 0 radical (unpaired) electrons. The quantitative estimate of drug-likeness (QED) is 0.290. The molecule has 4 heteroatoms. The van der Waals surface area contributed by atoms with E-state index in [1.807, 2.05) is 48.5 Å². The van der Waals surface area contributed by atoms with Crippen LogP contribution in [0.4, 0.5) is 17.1 Å². The maximum absolute atomic E-state index is 12.9. The van der Waals surface area contributed by atoms with Crippen molar-refractivity contribution in [2.75, 3.05) is 10.2 Å². The number of para-hydroxylation sites is 1. The Morgan fingerprint density at radius 2 is 1.31 bits per heavy atom. The fraction of sp³-hybridized carbons (Fsp3) is 0.281. The van der Waals surface area contributed by atoms with Gasteiger partial charge in [-0.2, -0.15) is 0 Å². The van der Waals surface area contributed by atoms with Crippen molar-refractivity contribution in [3.63, 3.8) is 0 Å². The molecule has 0 atom stereocenters. The molecule has 4 rings (SSSR count). The maximum Gasteiger partial charge on any atom is 0.291 e. The zero-order chi connectivity index (χ0) is 26.0. The number of benzene rings is 3. The number of carbonyl (C=O) groups excluding carboxylic acids is 1. The number of furan rings is 1. The van der Waals surface area contributed by atoms with Gasteiger partial charge in [0, 0.05) is 29.5 Å². The van der Waals surface area contributed by atoms with Crippen LogP contribution in [0.1, 0.15) is 63.5 Å². The third kappa shape index (κ3) is 5.08. The lowest BCUT2D eigenvalue weighted by molar-refractivity contribution is 0.0995. The van der Waals surface area contributed by atoms with Gasteiger partial charge in [0.15, 0.2) is 5.76 Å². The summed E-state index contributed by atoms with van der Waals surface area (Å²) in [6.45, 7) is 15.2. The standard InChI is InChI=1S/C32H36N2O2/c1-20(2)34(27-11-9-8-10-12-27)28-15-13-26(14-16-28)33-32(35)31-18-17-29(36-31)19-30-24(6)22(4)21(3)23(5)25(30)7/h8-18,20H,19H2,1-7H3,(H,33,35). The van der Waals surface area contributed by atoms with Crippen molar-refractivity contribution in [3.8, 4) is 0 Å². The minimum absolute atomic E-state index is 0.248. The summed E-state index contributed by atoms with van der Waals surface area (Å²) < 4.78 is 5.97. The number of hydrogen-bond donors (Lipinski definition) is 1. The predicted molar refractivity (Wildman–Crippen MR) is 150 cm³/mol. The van der Waals surface area contributed by atoms with E-state index in [-0.39, 0.29) is 5.91 Å². The fourth-order valence-electron chi connectivity index (χ4n) is 4.84. The molecule has 0 aliphatic carbocycles. The van der Waals surface area contributed by atoms with Gasteiger partial charge in [0.2, 0.25) is 0 Å². The zero-order valence-electron chi connectivity index (χ0n) is 22.4. The molecule has 0 saturated carbocycles. The van der Waals surface area contributed by atoms with Gasteiger partial charge in [-0.05, 0) is 130 Å². The molecule has 1 aromatic heterocycles. The first-order valence-corrected chi connectivity index (χ1v) is 12.6. The molecule has 0 fully saturated rings. The Hall–Kier alpha value is -3.79. The van der Waals surface area contributed by atoms with Crippen molar-refractivity contribution in [3.05, 3.63) is 112 Å². The Kier molecular flexibility index (Phi) is 7.35. The van der Waals surface area contributed by atoms with Crippen LogP contribution in [0.2, 0.25) is 0 Å². The third-order valence-corrected chi connectivity index (χ3v) is 7.35. The molecular weight excluding hydrogens is 444 g/mol. The number of anilines is 3. The Labute approximate surface area is 215 Å². The largest absolute Gasteiger partial charge is 0.456 e. The van der Waals surface area contributed by atoms with Crippen LogP contribution < -0.4 is 10.2 Å². The molecule has 4 aromatic rings. The van der Waals surface area contributed by atoms with Gasteiger partial charge in [0.1, 0.15) is 5.76 Å². The molecule has 1 amide bonds. The van der Waals surface area contributed by atoms with E-state index in [0.717, 1.165) is 22.8 Å². The molecule has 0 aliphatic rings. The Morgan fingerprint density at radius 3 is 1.89 bits per heavy atom. The van der Waals surface area contributed by atoms with Crippen LogP contribution in [-0.2, 0) is 6.42 Å². The SMILES string of the molecule is Cc1c(C)c(C)c(Cc2ccc(C(=O)Nc3ccc(N(c4ccccc4)C(C)C)cc3)o2)c(C)c1C. The van der Waals surface area contributed by atoms with Gasteiger partial charge in [-0.3, -0.25) is 4.79 Å². The van der Waals surface area contributed by atoms with Crippen LogP contribution in [0.3, 0.4) is 0 Å². The summed E-state index contributed by atoms with van der Waals surface area (Å²) in [5.74, 6) is 0.861. The second kappa shape index (κ2) is 10.4. The number of carbonyl (C=O) groups is 1. The van der Waals surface area contributed by atoms with E-state index in [1.165, 1.54) is 33.4 Å². The second-order valence-corrected chi connectivity index (χ2v) is 9.85. The van der Waals surface area contributed by atoms with Gasteiger partial charge < -0.3 is 14.6 Å². The van der Waals surface area contributed by atoms with Crippen LogP contribution in [0, 0.1) is 34.6 Å². The molecular formula is C32H36N2O2. The monoisotopic (exact) mass is 480 g/mol. The molecule has 3 aromatic carbocycles. The van der Waals surface area contributed by atoms with E-state index in [0.29, 0.717) is 18.2 Å². The Morgan fingerprint density at radius 1 is 0.750 bits per heavy atom. The lowest BCUT2D eigenvalue weighted by Gasteiger charge is -2.29. The Bertz CT molecular complexity index is 1340. The summed E-state index contributed by atoms with van der Waals surface area (Å²) in [7, 11) is 0. The van der Waals surface area contributed by atoms with E-state index in [2.05, 4.69) is 70.8 Å². The summed E-state index contributed by atoms with van der Waals surface area (Å²) in [4.78, 5) is 15.2. The van der Waals surface area contributed by atoms with Crippen LogP contribution >= 0.6 is 0 Å². The normalized spacial score (nSPS) is 11.1. The highest BCUT2D eigenvalue weighted by Crippen LogP contribution is 2.30. The molecule has 186 valence electrons. The summed E-state index contributed by atoms with van der Waals surface area (Å²) >= 11 is 0. The van der Waals surface area contributed by atoms with Crippen molar-refractivity contribution in [1.29, 1.82) is 0 Å². The minimum Gasteiger partial charge on any atom is -0.456 e. The molecule has 1 heterocycles. The van der Waals surface area contributed by atoms with E-state index in [9.17, 15) is 4.79 Å². The average Bonchev–Trinajstić information content (AvgIpc) is 3.35. The zero-order valence-corrected chi connectivity index (χ0v) is 22.4. The highest BCUT2D eigenvalue weighted by molar-refractivity contribution is 6.02. The minimum atomic E-state index is -0.248. The summed E-state index contributed by atoms with van der Waals surface area (Å²) in [5, 5.41) is 2.97. The van der Waals surface area contributed by atoms with E-state index in [1.54, 1.807) is 6.07 Å². The average molecular weight is 481 g/mol. The number of amides is 1. The van der Waals surface area contributed by atoms with Gasteiger partial charge in [0.25, 0.3) is 5.91 Å². The number of nitrogens with zero attached hydrogens (tertiary/aromatic N) is 1. The van der Waals surface area contributed by atoms with Crippen molar-refractivity contribution in [1.82, 2.24) is 0 Å². The summed E-state index contributed by atoms with van der Waals surface area (Å²) in [5.41, 5.74) is 10.8. The predicted octanol–water partition coefficient (Wildman–Crippen LogP) is 8.21. The van der Waals surface area contributed by atoms with Crippen molar-refractivity contribution in [2.45, 2.75) is 60.9 Å². The molecule has 0 spiro atoms. The summed E-state index contributed by atoms with van der Waals surface area (Å²) in [6, 6.07) is 22.2. The van der Waals surface area contributed by atoms with Crippen molar-refractivity contribution < 1.29 is 9.21 Å². The van der Waals surface area contributed by atoms with Gasteiger partial charge in [-0.25, -0.2) is 0 Å². The lowest BCUT2D eigenvalue weighted by atomic mass is 9.88. The van der Waals surface area contributed by atoms with Crippen LogP contribution in [0.25, 0.3) is 0 Å². The molecule has 0 saturated heterocycles.